The minimum Gasteiger partial charge on any atom is -0.493 e. The first kappa shape index (κ1) is 19.5. The number of amides is 2. The third kappa shape index (κ3) is 4.83. The zero-order valence-electron chi connectivity index (χ0n) is 14.9. The fraction of sp³-hybridized carbons (Fsp3) is 0.474. The van der Waals surface area contributed by atoms with E-state index in [1.54, 1.807) is 24.3 Å². The van der Waals surface area contributed by atoms with Gasteiger partial charge >= 0.3 is 0 Å². The molecule has 0 atom stereocenters. The number of carbonyl (C=O) groups is 2. The van der Waals surface area contributed by atoms with Gasteiger partial charge in [-0.15, -0.1) is 0 Å². The zero-order valence-corrected chi connectivity index (χ0v) is 15.6. The van der Waals surface area contributed by atoms with Gasteiger partial charge in [0.25, 0.3) is 11.8 Å². The van der Waals surface area contributed by atoms with Gasteiger partial charge in [0.15, 0.2) is 0 Å². The van der Waals surface area contributed by atoms with Crippen LogP contribution in [0, 0.1) is 5.92 Å². The highest BCUT2D eigenvalue weighted by atomic mass is 35.5. The van der Waals surface area contributed by atoms with Crippen LogP contribution in [-0.2, 0) is 14.3 Å². The van der Waals surface area contributed by atoms with Gasteiger partial charge in [-0.2, -0.15) is 0 Å². The number of benzene rings is 1. The number of carbonyl (C=O) groups excluding carboxylic acids is 2. The Balaban J connectivity index is 2.07. The molecule has 0 bridgehead atoms. The van der Waals surface area contributed by atoms with E-state index in [0.717, 1.165) is 5.75 Å². The van der Waals surface area contributed by atoms with E-state index < -0.39 is 5.91 Å². The minimum absolute atomic E-state index is 0.0303. The molecule has 0 aromatic heterocycles. The molecule has 5 nitrogen and oxygen atoms in total. The maximum atomic E-state index is 12.6. The summed E-state index contributed by atoms with van der Waals surface area (Å²) in [6, 6.07) is 7.07. The van der Waals surface area contributed by atoms with Crippen molar-refractivity contribution in [3.8, 4) is 5.75 Å². The van der Waals surface area contributed by atoms with Gasteiger partial charge in [-0.05, 0) is 37.0 Å². The van der Waals surface area contributed by atoms with Gasteiger partial charge in [0.2, 0.25) is 0 Å². The van der Waals surface area contributed by atoms with Crippen LogP contribution in [-0.4, -0.2) is 43.1 Å². The summed E-state index contributed by atoms with van der Waals surface area (Å²) in [6.45, 7) is 8.07. The van der Waals surface area contributed by atoms with Crippen molar-refractivity contribution in [3.05, 3.63) is 34.9 Å². The van der Waals surface area contributed by atoms with E-state index in [-0.39, 0.29) is 16.5 Å². The van der Waals surface area contributed by atoms with E-state index in [2.05, 4.69) is 13.8 Å². The second-order valence-electron chi connectivity index (χ2n) is 6.23. The molecule has 1 aromatic carbocycles. The van der Waals surface area contributed by atoms with Crippen LogP contribution >= 0.6 is 11.6 Å². The number of hydrogen-bond donors (Lipinski definition) is 0. The normalized spacial score (nSPS) is 14.8. The summed E-state index contributed by atoms with van der Waals surface area (Å²) in [7, 11) is 0. The number of rotatable bonds is 9. The van der Waals surface area contributed by atoms with Crippen LogP contribution in [0.25, 0.3) is 5.57 Å². The summed E-state index contributed by atoms with van der Waals surface area (Å²) >= 11 is 6.14. The predicted octanol–water partition coefficient (Wildman–Crippen LogP) is 3.47. The molecular weight excluding hydrogens is 342 g/mol. The standard InChI is InChI=1S/C19H24ClNO4/c1-4-24-11-5-10-21-18(22)16(17(20)19(21)23)14-6-8-15(9-7-14)25-12-13(2)3/h6-9,13H,4-5,10-12H2,1-3H3. The Morgan fingerprint density at radius 3 is 2.40 bits per heavy atom. The number of halogens is 1. The summed E-state index contributed by atoms with van der Waals surface area (Å²) in [5, 5.41) is -0.0303. The molecule has 0 saturated heterocycles. The predicted molar refractivity (Wildman–Crippen MR) is 97.4 cm³/mol. The van der Waals surface area contributed by atoms with Crippen molar-refractivity contribution >= 4 is 29.0 Å². The van der Waals surface area contributed by atoms with Crippen LogP contribution in [0.4, 0.5) is 0 Å². The van der Waals surface area contributed by atoms with Gasteiger partial charge in [-0.1, -0.05) is 37.6 Å². The number of nitrogens with zero attached hydrogens (tertiary/aromatic N) is 1. The molecule has 0 N–H and O–H groups in total. The molecular formula is C19H24ClNO4. The molecule has 0 radical (unpaired) electrons. The van der Waals surface area contributed by atoms with E-state index >= 15 is 0 Å². The Bertz CT molecular complexity index is 652. The Kier molecular flexibility index (Phi) is 7.02. The van der Waals surface area contributed by atoms with Crippen molar-refractivity contribution in [3.63, 3.8) is 0 Å². The monoisotopic (exact) mass is 365 g/mol. The molecule has 136 valence electrons. The molecule has 6 heteroatoms. The summed E-state index contributed by atoms with van der Waals surface area (Å²) in [6.07, 6.45) is 0.588. The van der Waals surface area contributed by atoms with E-state index in [0.29, 0.717) is 44.3 Å². The highest BCUT2D eigenvalue weighted by Gasteiger charge is 2.37. The van der Waals surface area contributed by atoms with Gasteiger partial charge in [0.1, 0.15) is 10.8 Å². The van der Waals surface area contributed by atoms with Gasteiger partial charge in [0, 0.05) is 19.8 Å². The Morgan fingerprint density at radius 2 is 1.80 bits per heavy atom. The Morgan fingerprint density at radius 1 is 1.12 bits per heavy atom. The van der Waals surface area contributed by atoms with Crippen LogP contribution < -0.4 is 4.74 Å². The molecule has 2 rings (SSSR count). The molecule has 0 aliphatic carbocycles. The van der Waals surface area contributed by atoms with E-state index in [4.69, 9.17) is 21.1 Å². The van der Waals surface area contributed by atoms with Gasteiger partial charge in [0.05, 0.1) is 12.2 Å². The van der Waals surface area contributed by atoms with Crippen molar-refractivity contribution in [2.75, 3.05) is 26.4 Å². The maximum Gasteiger partial charge on any atom is 0.273 e. The quantitative estimate of drug-likeness (QED) is 0.496. The van der Waals surface area contributed by atoms with Gasteiger partial charge in [-0.25, -0.2) is 0 Å². The lowest BCUT2D eigenvalue weighted by Crippen LogP contribution is -2.32. The number of imide groups is 1. The second-order valence-corrected chi connectivity index (χ2v) is 6.61. The molecule has 0 fully saturated rings. The SMILES string of the molecule is CCOCCCN1C(=O)C(Cl)=C(c2ccc(OCC(C)C)cc2)C1=O. The minimum atomic E-state index is -0.446. The summed E-state index contributed by atoms with van der Waals surface area (Å²) < 4.78 is 10.9. The van der Waals surface area contributed by atoms with Crippen LogP contribution in [0.1, 0.15) is 32.8 Å². The van der Waals surface area contributed by atoms with Crippen molar-refractivity contribution < 1.29 is 19.1 Å². The molecule has 1 aliphatic rings. The lowest BCUT2D eigenvalue weighted by Gasteiger charge is -2.14. The van der Waals surface area contributed by atoms with E-state index in [1.165, 1.54) is 4.90 Å². The van der Waals surface area contributed by atoms with Crippen LogP contribution in [0.2, 0.25) is 0 Å². The van der Waals surface area contributed by atoms with E-state index in [1.807, 2.05) is 6.92 Å². The molecule has 2 amide bonds. The average Bonchev–Trinajstić information content (AvgIpc) is 2.80. The molecule has 1 heterocycles. The summed E-state index contributed by atoms with van der Waals surface area (Å²) in [5.74, 6) is 0.344. The molecule has 1 aliphatic heterocycles. The lowest BCUT2D eigenvalue weighted by atomic mass is 10.1. The largest absolute Gasteiger partial charge is 0.493 e. The fourth-order valence-corrected chi connectivity index (χ4v) is 2.74. The molecule has 1 aromatic rings. The first-order valence-electron chi connectivity index (χ1n) is 8.52. The third-order valence-corrected chi connectivity index (χ3v) is 4.06. The van der Waals surface area contributed by atoms with Crippen molar-refractivity contribution in [1.29, 1.82) is 0 Å². The third-order valence-electron chi connectivity index (χ3n) is 3.71. The lowest BCUT2D eigenvalue weighted by molar-refractivity contribution is -0.136. The van der Waals surface area contributed by atoms with Gasteiger partial charge in [-0.3, -0.25) is 14.5 Å². The molecule has 0 spiro atoms. The van der Waals surface area contributed by atoms with E-state index in [9.17, 15) is 9.59 Å². The number of hydrogen-bond acceptors (Lipinski definition) is 4. The molecule has 25 heavy (non-hydrogen) atoms. The van der Waals surface area contributed by atoms with Crippen LogP contribution in [0.5, 0.6) is 5.75 Å². The topological polar surface area (TPSA) is 55.8 Å². The average molecular weight is 366 g/mol. The van der Waals surface area contributed by atoms with Crippen molar-refractivity contribution in [2.24, 2.45) is 5.92 Å². The van der Waals surface area contributed by atoms with Gasteiger partial charge < -0.3 is 9.47 Å². The maximum absolute atomic E-state index is 12.6. The Hall–Kier alpha value is -1.85. The first-order valence-corrected chi connectivity index (χ1v) is 8.90. The number of ether oxygens (including phenoxy) is 2. The highest BCUT2D eigenvalue weighted by Crippen LogP contribution is 2.32. The highest BCUT2D eigenvalue weighted by molar-refractivity contribution is 6.55. The van der Waals surface area contributed by atoms with Crippen LogP contribution in [0.3, 0.4) is 0 Å². The first-order chi connectivity index (χ1) is 12.0. The molecule has 0 saturated carbocycles. The van der Waals surface area contributed by atoms with Crippen molar-refractivity contribution in [1.82, 2.24) is 4.90 Å². The van der Waals surface area contributed by atoms with Crippen LogP contribution in [0.15, 0.2) is 29.3 Å². The Labute approximate surface area is 153 Å². The summed E-state index contributed by atoms with van der Waals surface area (Å²) in [4.78, 5) is 26.0. The molecule has 0 unspecified atom stereocenters. The summed E-state index contributed by atoms with van der Waals surface area (Å²) in [5.41, 5.74) is 0.867. The zero-order chi connectivity index (χ0) is 18.4. The second kappa shape index (κ2) is 9.02. The fourth-order valence-electron chi connectivity index (χ4n) is 2.45. The smallest absolute Gasteiger partial charge is 0.273 e. The van der Waals surface area contributed by atoms with Crippen molar-refractivity contribution in [2.45, 2.75) is 27.2 Å².